The molecular weight excluding hydrogens is 388 g/mol. The van der Waals surface area contributed by atoms with Crippen LogP contribution in [0.4, 0.5) is 11.5 Å². The van der Waals surface area contributed by atoms with Crippen LogP contribution < -0.4 is 15.0 Å². The Morgan fingerprint density at radius 2 is 1.65 bits per heavy atom. The molecule has 1 N–H and O–H groups in total. The fourth-order valence-electron chi connectivity index (χ4n) is 4.02. The molecule has 0 bridgehead atoms. The SMILES string of the molecule is COc1ccc(-c2ccc(N3CCC(C(=O)Nc4c(C)cccc4C)CC3)nn2)cc1. The van der Waals surface area contributed by atoms with Gasteiger partial charge in [-0.05, 0) is 74.2 Å². The Bertz CT molecular complexity index is 1020. The van der Waals surface area contributed by atoms with Crippen LogP contribution in [0.5, 0.6) is 5.75 Å². The van der Waals surface area contributed by atoms with Gasteiger partial charge in [-0.3, -0.25) is 4.79 Å². The van der Waals surface area contributed by atoms with Crippen molar-refractivity contribution in [1.82, 2.24) is 10.2 Å². The Kier molecular flexibility index (Phi) is 6.16. The third-order valence-corrected chi connectivity index (χ3v) is 5.96. The van der Waals surface area contributed by atoms with E-state index >= 15 is 0 Å². The molecule has 1 aliphatic heterocycles. The molecule has 0 unspecified atom stereocenters. The lowest BCUT2D eigenvalue weighted by atomic mass is 9.95. The van der Waals surface area contributed by atoms with Crippen LogP contribution >= 0.6 is 0 Å². The molecule has 2 heterocycles. The van der Waals surface area contributed by atoms with Gasteiger partial charge in [-0.2, -0.15) is 0 Å². The fraction of sp³-hybridized carbons (Fsp3) is 0.320. The van der Waals surface area contributed by atoms with Gasteiger partial charge in [0.1, 0.15) is 5.75 Å². The molecule has 0 aliphatic carbocycles. The normalized spacial score (nSPS) is 14.4. The van der Waals surface area contributed by atoms with E-state index < -0.39 is 0 Å². The maximum absolute atomic E-state index is 12.8. The van der Waals surface area contributed by atoms with Crippen LogP contribution in [0.3, 0.4) is 0 Å². The Balaban J connectivity index is 1.35. The first kappa shape index (κ1) is 20.8. The quantitative estimate of drug-likeness (QED) is 0.657. The van der Waals surface area contributed by atoms with Gasteiger partial charge in [0.05, 0.1) is 12.8 Å². The second-order valence-electron chi connectivity index (χ2n) is 8.02. The third-order valence-electron chi connectivity index (χ3n) is 5.96. The molecule has 0 saturated carbocycles. The van der Waals surface area contributed by atoms with E-state index in [0.717, 1.165) is 65.6 Å². The zero-order valence-corrected chi connectivity index (χ0v) is 18.3. The molecule has 1 aliphatic rings. The first-order valence-electron chi connectivity index (χ1n) is 10.7. The molecule has 0 atom stereocenters. The van der Waals surface area contributed by atoms with Gasteiger partial charge in [-0.15, -0.1) is 10.2 Å². The van der Waals surface area contributed by atoms with E-state index in [1.54, 1.807) is 7.11 Å². The van der Waals surface area contributed by atoms with Crippen molar-refractivity contribution < 1.29 is 9.53 Å². The van der Waals surface area contributed by atoms with Crippen molar-refractivity contribution >= 4 is 17.4 Å². The number of amides is 1. The molecular formula is C25H28N4O2. The number of aryl methyl sites for hydroxylation is 2. The van der Waals surface area contributed by atoms with E-state index in [0.29, 0.717) is 0 Å². The van der Waals surface area contributed by atoms with Crippen molar-refractivity contribution in [3.63, 3.8) is 0 Å². The number of carbonyl (C=O) groups is 1. The molecule has 6 nitrogen and oxygen atoms in total. The van der Waals surface area contributed by atoms with Crippen LogP contribution in [-0.4, -0.2) is 36.3 Å². The van der Waals surface area contributed by atoms with E-state index in [4.69, 9.17) is 4.74 Å². The minimum atomic E-state index is 0.0155. The highest BCUT2D eigenvalue weighted by molar-refractivity contribution is 5.94. The minimum Gasteiger partial charge on any atom is -0.497 e. The molecule has 1 aromatic heterocycles. The number of methoxy groups -OCH3 is 1. The second-order valence-corrected chi connectivity index (χ2v) is 8.02. The average molecular weight is 417 g/mol. The molecule has 3 aromatic rings. The first-order valence-corrected chi connectivity index (χ1v) is 10.7. The average Bonchev–Trinajstić information content (AvgIpc) is 2.82. The molecule has 31 heavy (non-hydrogen) atoms. The van der Waals surface area contributed by atoms with E-state index in [9.17, 15) is 4.79 Å². The van der Waals surface area contributed by atoms with Crippen LogP contribution in [0.15, 0.2) is 54.6 Å². The molecule has 1 fully saturated rings. The minimum absolute atomic E-state index is 0.0155. The molecule has 0 radical (unpaired) electrons. The predicted octanol–water partition coefficient (Wildman–Crippen LogP) is 4.62. The zero-order chi connectivity index (χ0) is 21.8. The summed E-state index contributed by atoms with van der Waals surface area (Å²) in [5, 5.41) is 12.0. The van der Waals surface area contributed by atoms with E-state index in [1.165, 1.54) is 0 Å². The maximum atomic E-state index is 12.8. The fourth-order valence-corrected chi connectivity index (χ4v) is 4.02. The summed E-state index contributed by atoms with van der Waals surface area (Å²) in [6.07, 6.45) is 1.61. The van der Waals surface area contributed by atoms with Crippen molar-refractivity contribution in [2.24, 2.45) is 5.92 Å². The summed E-state index contributed by atoms with van der Waals surface area (Å²) in [6, 6.07) is 17.8. The number of hydrogen-bond donors (Lipinski definition) is 1. The van der Waals surface area contributed by atoms with Crippen LogP contribution in [0.2, 0.25) is 0 Å². The van der Waals surface area contributed by atoms with Gasteiger partial charge in [-0.25, -0.2) is 0 Å². The van der Waals surface area contributed by atoms with Crippen LogP contribution in [0, 0.1) is 19.8 Å². The molecule has 1 saturated heterocycles. The number of rotatable bonds is 5. The Morgan fingerprint density at radius 3 is 2.23 bits per heavy atom. The summed E-state index contributed by atoms with van der Waals surface area (Å²) in [5.74, 6) is 1.79. The van der Waals surface area contributed by atoms with Crippen molar-refractivity contribution in [2.75, 3.05) is 30.4 Å². The van der Waals surface area contributed by atoms with Gasteiger partial charge < -0.3 is 15.0 Å². The first-order chi connectivity index (χ1) is 15.0. The van der Waals surface area contributed by atoms with Gasteiger partial charge in [-0.1, -0.05) is 18.2 Å². The zero-order valence-electron chi connectivity index (χ0n) is 18.3. The smallest absolute Gasteiger partial charge is 0.227 e. The summed E-state index contributed by atoms with van der Waals surface area (Å²) in [7, 11) is 1.65. The number of benzene rings is 2. The lowest BCUT2D eigenvalue weighted by Gasteiger charge is -2.32. The Labute approximate surface area is 183 Å². The Hall–Kier alpha value is -3.41. The van der Waals surface area contributed by atoms with Crippen molar-refractivity contribution in [2.45, 2.75) is 26.7 Å². The summed E-state index contributed by atoms with van der Waals surface area (Å²) in [6.45, 7) is 5.64. The number of nitrogens with one attached hydrogen (secondary N) is 1. The van der Waals surface area contributed by atoms with Gasteiger partial charge in [0, 0.05) is 30.3 Å². The van der Waals surface area contributed by atoms with Crippen molar-refractivity contribution in [3.8, 4) is 17.0 Å². The summed E-state index contributed by atoms with van der Waals surface area (Å²) in [5.41, 5.74) is 4.96. The summed E-state index contributed by atoms with van der Waals surface area (Å²) < 4.78 is 5.20. The number of nitrogens with zero attached hydrogens (tertiary/aromatic N) is 3. The number of piperidine rings is 1. The maximum Gasteiger partial charge on any atom is 0.227 e. The van der Waals surface area contributed by atoms with Crippen molar-refractivity contribution in [1.29, 1.82) is 0 Å². The topological polar surface area (TPSA) is 67.3 Å². The van der Waals surface area contributed by atoms with Gasteiger partial charge in [0.25, 0.3) is 0 Å². The lowest BCUT2D eigenvalue weighted by molar-refractivity contribution is -0.120. The number of aromatic nitrogens is 2. The molecule has 1 amide bonds. The number of anilines is 2. The summed E-state index contributed by atoms with van der Waals surface area (Å²) >= 11 is 0. The standard InChI is InChI=1S/C25H28N4O2/c1-17-5-4-6-18(2)24(17)26-25(30)20-13-15-29(16-14-20)23-12-11-22(27-28-23)19-7-9-21(31-3)10-8-19/h4-12,20H,13-16H2,1-3H3,(H,26,30). The number of carbonyl (C=O) groups excluding carboxylic acids is 1. The van der Waals surface area contributed by atoms with Crippen LogP contribution in [0.25, 0.3) is 11.3 Å². The van der Waals surface area contributed by atoms with Crippen molar-refractivity contribution in [3.05, 3.63) is 65.7 Å². The summed E-state index contributed by atoms with van der Waals surface area (Å²) in [4.78, 5) is 15.0. The molecule has 6 heteroatoms. The number of ether oxygens (including phenoxy) is 1. The highest BCUT2D eigenvalue weighted by atomic mass is 16.5. The molecule has 2 aromatic carbocycles. The largest absolute Gasteiger partial charge is 0.497 e. The highest BCUT2D eigenvalue weighted by Crippen LogP contribution is 2.26. The molecule has 160 valence electrons. The number of para-hydroxylation sites is 1. The lowest BCUT2D eigenvalue weighted by Crippen LogP contribution is -2.38. The van der Waals surface area contributed by atoms with E-state index in [2.05, 4.69) is 20.4 Å². The predicted molar refractivity (Wildman–Crippen MR) is 124 cm³/mol. The van der Waals surface area contributed by atoms with E-state index in [-0.39, 0.29) is 11.8 Å². The third kappa shape index (κ3) is 4.68. The monoisotopic (exact) mass is 416 g/mol. The highest BCUT2D eigenvalue weighted by Gasteiger charge is 2.26. The van der Waals surface area contributed by atoms with Crippen LogP contribution in [-0.2, 0) is 4.79 Å². The number of hydrogen-bond acceptors (Lipinski definition) is 5. The molecule has 0 spiro atoms. The van der Waals surface area contributed by atoms with Gasteiger partial charge >= 0.3 is 0 Å². The van der Waals surface area contributed by atoms with E-state index in [1.807, 2.05) is 68.4 Å². The second kappa shape index (κ2) is 9.16. The molecule has 4 rings (SSSR count). The van der Waals surface area contributed by atoms with Gasteiger partial charge in [0.2, 0.25) is 5.91 Å². The Morgan fingerprint density at radius 1 is 0.968 bits per heavy atom. The van der Waals surface area contributed by atoms with Gasteiger partial charge in [0.15, 0.2) is 5.82 Å². The van der Waals surface area contributed by atoms with Crippen LogP contribution in [0.1, 0.15) is 24.0 Å².